The van der Waals surface area contributed by atoms with Crippen molar-refractivity contribution in [2.75, 3.05) is 0 Å². The molecular weight excluding hydrogens is 255 g/mol. The van der Waals surface area contributed by atoms with Crippen LogP contribution in [0.15, 0.2) is 36.4 Å². The van der Waals surface area contributed by atoms with Gasteiger partial charge < -0.3 is 5.11 Å². The number of hydrogen-bond acceptors (Lipinski definition) is 1. The van der Waals surface area contributed by atoms with Crippen LogP contribution in [0.3, 0.4) is 0 Å². The van der Waals surface area contributed by atoms with Gasteiger partial charge in [0.2, 0.25) is 0 Å². The predicted molar refractivity (Wildman–Crippen MR) is 72.1 cm³/mol. The van der Waals surface area contributed by atoms with Gasteiger partial charge in [-0.25, -0.2) is 0 Å². The predicted octanol–water partition coefficient (Wildman–Crippen LogP) is 4.60. The zero-order valence-corrected chi connectivity index (χ0v) is 10.9. The highest BCUT2D eigenvalue weighted by Crippen LogP contribution is 2.30. The molecule has 0 bridgehead atoms. The Labute approximate surface area is 111 Å². The van der Waals surface area contributed by atoms with Gasteiger partial charge in [0.25, 0.3) is 0 Å². The molecule has 0 radical (unpaired) electrons. The first kappa shape index (κ1) is 12.3. The molecule has 17 heavy (non-hydrogen) atoms. The third kappa shape index (κ3) is 2.56. The van der Waals surface area contributed by atoms with Gasteiger partial charge in [-0.2, -0.15) is 0 Å². The monoisotopic (exact) mass is 266 g/mol. The minimum Gasteiger partial charge on any atom is -0.506 e. The van der Waals surface area contributed by atoms with E-state index in [2.05, 4.69) is 0 Å². The fraction of sp³-hybridized carbons (Fsp3) is 0.143. The first-order chi connectivity index (χ1) is 8.09. The summed E-state index contributed by atoms with van der Waals surface area (Å²) in [5.74, 6) is 0.105. The van der Waals surface area contributed by atoms with E-state index in [1.54, 1.807) is 12.1 Å². The van der Waals surface area contributed by atoms with Gasteiger partial charge in [0.15, 0.2) is 0 Å². The topological polar surface area (TPSA) is 20.2 Å². The molecule has 2 rings (SSSR count). The molecule has 2 aromatic rings. The van der Waals surface area contributed by atoms with E-state index in [4.69, 9.17) is 23.2 Å². The lowest BCUT2D eigenvalue weighted by molar-refractivity contribution is 0.475. The lowest BCUT2D eigenvalue weighted by Gasteiger charge is -2.09. The van der Waals surface area contributed by atoms with E-state index in [0.717, 1.165) is 21.7 Å². The second-order valence-electron chi connectivity index (χ2n) is 3.98. The molecule has 0 unspecified atom stereocenters. The maximum absolute atomic E-state index is 9.54. The van der Waals surface area contributed by atoms with E-state index >= 15 is 0 Å². The summed E-state index contributed by atoms with van der Waals surface area (Å²) < 4.78 is 0. The summed E-state index contributed by atoms with van der Waals surface area (Å²) in [6.45, 7) is 1.97. The lowest BCUT2D eigenvalue weighted by Crippen LogP contribution is -1.92. The molecule has 0 aliphatic carbocycles. The summed E-state index contributed by atoms with van der Waals surface area (Å²) in [4.78, 5) is 0. The highest BCUT2D eigenvalue weighted by molar-refractivity contribution is 6.33. The Morgan fingerprint density at radius 2 is 1.53 bits per heavy atom. The number of aromatic hydroxyl groups is 1. The van der Waals surface area contributed by atoms with E-state index < -0.39 is 0 Å². The SMILES string of the molecule is Cc1cccc(Cc2cccc(O)c2Cl)c1Cl. The van der Waals surface area contributed by atoms with Crippen LogP contribution >= 0.6 is 23.2 Å². The zero-order chi connectivity index (χ0) is 12.4. The maximum Gasteiger partial charge on any atom is 0.134 e. The van der Waals surface area contributed by atoms with Crippen molar-refractivity contribution in [2.45, 2.75) is 13.3 Å². The van der Waals surface area contributed by atoms with Gasteiger partial charge in [-0.05, 0) is 29.7 Å². The highest BCUT2D eigenvalue weighted by atomic mass is 35.5. The largest absolute Gasteiger partial charge is 0.506 e. The number of halogens is 2. The van der Waals surface area contributed by atoms with Crippen LogP contribution < -0.4 is 0 Å². The van der Waals surface area contributed by atoms with Crippen LogP contribution in [-0.4, -0.2) is 5.11 Å². The molecule has 0 saturated heterocycles. The van der Waals surface area contributed by atoms with Crippen molar-refractivity contribution >= 4 is 23.2 Å². The number of rotatable bonds is 2. The van der Waals surface area contributed by atoms with Crippen molar-refractivity contribution in [3.8, 4) is 5.75 Å². The Hall–Kier alpha value is -1.18. The van der Waals surface area contributed by atoms with Crippen LogP contribution in [0.1, 0.15) is 16.7 Å². The van der Waals surface area contributed by atoms with E-state index in [9.17, 15) is 5.11 Å². The summed E-state index contributed by atoms with van der Waals surface area (Å²) >= 11 is 12.3. The molecule has 1 nitrogen and oxygen atoms in total. The molecule has 0 spiro atoms. The van der Waals surface area contributed by atoms with Crippen molar-refractivity contribution in [2.24, 2.45) is 0 Å². The van der Waals surface area contributed by atoms with Gasteiger partial charge in [-0.15, -0.1) is 0 Å². The summed E-state index contributed by atoms with van der Waals surface area (Å²) in [5, 5.41) is 10.7. The number of phenolic OH excluding ortho intramolecular Hbond substituents is 1. The van der Waals surface area contributed by atoms with Crippen LogP contribution in [0.2, 0.25) is 10.0 Å². The number of aryl methyl sites for hydroxylation is 1. The van der Waals surface area contributed by atoms with Crippen molar-refractivity contribution in [1.29, 1.82) is 0 Å². The summed E-state index contributed by atoms with van der Waals surface area (Å²) in [6, 6.07) is 11.1. The smallest absolute Gasteiger partial charge is 0.134 e. The van der Waals surface area contributed by atoms with Crippen molar-refractivity contribution < 1.29 is 5.11 Å². The van der Waals surface area contributed by atoms with Crippen LogP contribution in [0.25, 0.3) is 0 Å². The van der Waals surface area contributed by atoms with Gasteiger partial charge in [-0.1, -0.05) is 53.5 Å². The van der Waals surface area contributed by atoms with Crippen LogP contribution in [-0.2, 0) is 6.42 Å². The molecule has 0 fully saturated rings. The first-order valence-corrected chi connectivity index (χ1v) is 6.05. The van der Waals surface area contributed by atoms with E-state index in [0.29, 0.717) is 11.4 Å². The second kappa shape index (κ2) is 4.99. The average Bonchev–Trinajstić information content (AvgIpc) is 2.31. The maximum atomic E-state index is 9.54. The molecule has 0 aliphatic heterocycles. The molecular formula is C14H12Cl2O. The normalized spacial score (nSPS) is 10.5. The summed E-state index contributed by atoms with van der Waals surface area (Å²) in [7, 11) is 0. The molecule has 0 saturated carbocycles. The quantitative estimate of drug-likeness (QED) is 0.843. The highest BCUT2D eigenvalue weighted by Gasteiger charge is 2.08. The van der Waals surface area contributed by atoms with Gasteiger partial charge in [0.1, 0.15) is 5.75 Å². The fourth-order valence-electron chi connectivity index (χ4n) is 1.75. The standard InChI is InChI=1S/C14H12Cl2O/c1-9-4-2-5-10(13(9)15)8-11-6-3-7-12(17)14(11)16/h2-7,17H,8H2,1H3. The van der Waals surface area contributed by atoms with Gasteiger partial charge in [0.05, 0.1) is 5.02 Å². The van der Waals surface area contributed by atoms with E-state index in [1.807, 2.05) is 31.2 Å². The number of hydrogen-bond donors (Lipinski definition) is 1. The third-order valence-corrected chi connectivity index (χ3v) is 3.69. The van der Waals surface area contributed by atoms with Gasteiger partial charge in [-0.3, -0.25) is 0 Å². The van der Waals surface area contributed by atoms with Gasteiger partial charge >= 0.3 is 0 Å². The second-order valence-corrected chi connectivity index (χ2v) is 4.73. The Balaban J connectivity index is 2.38. The number of benzene rings is 2. The minimum atomic E-state index is 0.105. The third-order valence-electron chi connectivity index (χ3n) is 2.71. The first-order valence-electron chi connectivity index (χ1n) is 5.30. The molecule has 1 N–H and O–H groups in total. The molecule has 0 atom stereocenters. The molecule has 3 heteroatoms. The van der Waals surface area contributed by atoms with Crippen LogP contribution in [0.4, 0.5) is 0 Å². The molecule has 0 heterocycles. The van der Waals surface area contributed by atoms with Gasteiger partial charge in [0, 0.05) is 11.4 Å². The molecule has 0 aliphatic rings. The van der Waals surface area contributed by atoms with Crippen molar-refractivity contribution in [3.63, 3.8) is 0 Å². The average molecular weight is 267 g/mol. The van der Waals surface area contributed by atoms with Crippen molar-refractivity contribution in [1.82, 2.24) is 0 Å². The molecule has 0 amide bonds. The Bertz CT molecular complexity index is 500. The molecule has 2 aromatic carbocycles. The Morgan fingerprint density at radius 1 is 0.941 bits per heavy atom. The summed E-state index contributed by atoms with van der Waals surface area (Å²) in [6.07, 6.45) is 0.619. The Kier molecular flexibility index (Phi) is 3.60. The van der Waals surface area contributed by atoms with Crippen LogP contribution in [0, 0.1) is 6.92 Å². The minimum absolute atomic E-state index is 0.105. The number of phenols is 1. The fourth-order valence-corrected chi connectivity index (χ4v) is 2.14. The zero-order valence-electron chi connectivity index (χ0n) is 9.37. The Morgan fingerprint density at radius 3 is 2.24 bits per heavy atom. The van der Waals surface area contributed by atoms with Crippen LogP contribution in [0.5, 0.6) is 5.75 Å². The van der Waals surface area contributed by atoms with Crippen molar-refractivity contribution in [3.05, 3.63) is 63.1 Å². The summed E-state index contributed by atoms with van der Waals surface area (Å²) in [5.41, 5.74) is 2.93. The van der Waals surface area contributed by atoms with E-state index in [1.165, 1.54) is 0 Å². The molecule has 0 aromatic heterocycles. The molecule has 88 valence electrons. The lowest BCUT2D eigenvalue weighted by atomic mass is 10.0. The van der Waals surface area contributed by atoms with E-state index in [-0.39, 0.29) is 5.75 Å².